The zero-order valence-electron chi connectivity index (χ0n) is 11.3. The van der Waals surface area contributed by atoms with Crippen molar-refractivity contribution in [2.75, 3.05) is 6.54 Å². The summed E-state index contributed by atoms with van der Waals surface area (Å²) < 4.78 is 0. The molecule has 1 fully saturated rings. The first kappa shape index (κ1) is 13.1. The van der Waals surface area contributed by atoms with Crippen LogP contribution in [0.25, 0.3) is 17.0 Å². The second kappa shape index (κ2) is 4.90. The van der Waals surface area contributed by atoms with E-state index in [0.29, 0.717) is 5.69 Å². The second-order valence-corrected chi connectivity index (χ2v) is 4.83. The average molecular weight is 283 g/mol. The molecule has 0 radical (unpaired) electrons. The molecule has 1 aliphatic rings. The van der Waals surface area contributed by atoms with E-state index in [1.54, 1.807) is 0 Å². The number of amides is 3. The van der Waals surface area contributed by atoms with Crippen LogP contribution < -0.4 is 5.32 Å². The number of aromatic amines is 1. The number of hydrogen-bond donors (Lipinski definition) is 2. The summed E-state index contributed by atoms with van der Waals surface area (Å²) in [7, 11) is 0. The van der Waals surface area contributed by atoms with E-state index in [4.69, 9.17) is 0 Å². The molecule has 6 heteroatoms. The summed E-state index contributed by atoms with van der Waals surface area (Å²) in [6, 6.07) is 9.55. The molecular weight excluding hydrogens is 270 g/mol. The Morgan fingerprint density at radius 2 is 2.05 bits per heavy atom. The summed E-state index contributed by atoms with van der Waals surface area (Å²) in [5.74, 6) is -1.33. The van der Waals surface area contributed by atoms with Gasteiger partial charge in [-0.25, -0.2) is 0 Å². The van der Waals surface area contributed by atoms with Gasteiger partial charge in [0.05, 0.1) is 0 Å². The lowest BCUT2D eigenvalue weighted by molar-refractivity contribution is -0.147. The Kier molecular flexibility index (Phi) is 3.06. The van der Waals surface area contributed by atoms with Crippen LogP contribution in [-0.2, 0) is 14.4 Å². The monoisotopic (exact) mass is 283 g/mol. The number of nitrogens with one attached hydrogen (secondary N) is 2. The zero-order valence-corrected chi connectivity index (χ0v) is 11.3. The Labute approximate surface area is 120 Å². The number of carbonyl (C=O) groups is 3. The first-order chi connectivity index (χ1) is 10.0. The fourth-order valence-electron chi connectivity index (χ4n) is 2.29. The summed E-state index contributed by atoms with van der Waals surface area (Å²) in [4.78, 5) is 39.2. The number of H-pyrrole nitrogens is 1. The molecule has 3 rings (SSSR count). The molecule has 106 valence electrons. The van der Waals surface area contributed by atoms with Gasteiger partial charge in [0, 0.05) is 18.1 Å². The first-order valence-corrected chi connectivity index (χ1v) is 6.46. The molecule has 3 amide bonds. The lowest BCUT2D eigenvalue weighted by Gasteiger charge is -2.25. The third kappa shape index (κ3) is 2.43. The van der Waals surface area contributed by atoms with Gasteiger partial charge in [-0.3, -0.25) is 19.3 Å². The van der Waals surface area contributed by atoms with Crippen LogP contribution in [0.1, 0.15) is 12.6 Å². The quantitative estimate of drug-likeness (QED) is 0.766. The predicted octanol–water partition coefficient (Wildman–Crippen LogP) is 1.01. The van der Waals surface area contributed by atoms with Gasteiger partial charge in [0.2, 0.25) is 11.8 Å². The van der Waals surface area contributed by atoms with Crippen molar-refractivity contribution in [3.63, 3.8) is 0 Å². The second-order valence-electron chi connectivity index (χ2n) is 4.83. The topological polar surface area (TPSA) is 82.3 Å². The van der Waals surface area contributed by atoms with E-state index in [1.807, 2.05) is 30.3 Å². The minimum absolute atomic E-state index is 0.0907. The van der Waals surface area contributed by atoms with Gasteiger partial charge in [-0.1, -0.05) is 18.2 Å². The number of benzene rings is 1. The molecule has 2 N–H and O–H groups in total. The molecule has 0 atom stereocenters. The van der Waals surface area contributed by atoms with Crippen molar-refractivity contribution < 1.29 is 14.4 Å². The highest BCUT2D eigenvalue weighted by molar-refractivity contribution is 6.12. The van der Waals surface area contributed by atoms with E-state index >= 15 is 0 Å². The van der Waals surface area contributed by atoms with Gasteiger partial charge in [0.1, 0.15) is 12.2 Å². The largest absolute Gasteiger partial charge is 0.355 e. The van der Waals surface area contributed by atoms with Gasteiger partial charge in [-0.05, 0) is 23.6 Å². The summed E-state index contributed by atoms with van der Waals surface area (Å²) in [5.41, 5.74) is 1.71. The standard InChI is InChI=1S/C15H13N3O3/c1-9(19)18-8-14(20)17-13(15(18)21)7-11-6-10-4-2-3-5-12(10)16-11/h2-7,16H,8H2,1H3,(H,17,20). The molecule has 0 aliphatic carbocycles. The van der Waals surface area contributed by atoms with E-state index in [2.05, 4.69) is 10.3 Å². The van der Waals surface area contributed by atoms with E-state index in [1.165, 1.54) is 13.0 Å². The van der Waals surface area contributed by atoms with Crippen LogP contribution in [0.15, 0.2) is 36.0 Å². The van der Waals surface area contributed by atoms with E-state index in [-0.39, 0.29) is 18.1 Å². The van der Waals surface area contributed by atoms with Crippen LogP contribution >= 0.6 is 0 Å². The molecule has 0 spiro atoms. The van der Waals surface area contributed by atoms with Crippen molar-refractivity contribution in [3.8, 4) is 0 Å². The lowest BCUT2D eigenvalue weighted by atomic mass is 10.2. The minimum atomic E-state index is -0.499. The maximum absolute atomic E-state index is 12.1. The summed E-state index contributed by atoms with van der Waals surface area (Å²) in [5, 5.41) is 3.50. The van der Waals surface area contributed by atoms with Crippen molar-refractivity contribution in [1.82, 2.24) is 15.2 Å². The fraction of sp³-hybridized carbons (Fsp3) is 0.133. The van der Waals surface area contributed by atoms with Crippen LogP contribution in [0, 0.1) is 0 Å². The molecule has 0 unspecified atom stereocenters. The van der Waals surface area contributed by atoms with E-state index < -0.39 is 11.8 Å². The number of piperazine rings is 1. The van der Waals surface area contributed by atoms with Crippen molar-refractivity contribution in [3.05, 3.63) is 41.7 Å². The number of carbonyl (C=O) groups excluding carboxylic acids is 3. The third-order valence-electron chi connectivity index (χ3n) is 3.28. The van der Waals surface area contributed by atoms with Gasteiger partial charge in [0.15, 0.2) is 0 Å². The third-order valence-corrected chi connectivity index (χ3v) is 3.28. The lowest BCUT2D eigenvalue weighted by Crippen LogP contribution is -2.51. The number of imide groups is 1. The molecule has 21 heavy (non-hydrogen) atoms. The molecule has 2 heterocycles. The number of fused-ring (bicyclic) bond motifs is 1. The normalized spacial score (nSPS) is 17.4. The highest BCUT2D eigenvalue weighted by Gasteiger charge is 2.30. The number of hydrogen-bond acceptors (Lipinski definition) is 3. The van der Waals surface area contributed by atoms with Gasteiger partial charge in [-0.15, -0.1) is 0 Å². The SMILES string of the molecule is CC(=O)N1CC(=O)NC(=Cc2cc3ccccc3[nH]2)C1=O. The van der Waals surface area contributed by atoms with Crippen LogP contribution in [0.2, 0.25) is 0 Å². The van der Waals surface area contributed by atoms with Crippen molar-refractivity contribution in [1.29, 1.82) is 0 Å². The zero-order chi connectivity index (χ0) is 15.0. The van der Waals surface area contributed by atoms with Gasteiger partial charge in [0.25, 0.3) is 5.91 Å². The Hall–Kier alpha value is -2.89. The van der Waals surface area contributed by atoms with Gasteiger partial charge >= 0.3 is 0 Å². The fourth-order valence-corrected chi connectivity index (χ4v) is 2.29. The van der Waals surface area contributed by atoms with Crippen LogP contribution in [0.4, 0.5) is 0 Å². The number of nitrogens with zero attached hydrogens (tertiary/aromatic N) is 1. The van der Waals surface area contributed by atoms with Crippen LogP contribution in [0.5, 0.6) is 0 Å². The predicted molar refractivity (Wildman–Crippen MR) is 76.8 cm³/mol. The van der Waals surface area contributed by atoms with E-state index in [0.717, 1.165) is 15.8 Å². The first-order valence-electron chi connectivity index (χ1n) is 6.46. The number of para-hydroxylation sites is 1. The molecule has 0 bridgehead atoms. The van der Waals surface area contributed by atoms with Crippen LogP contribution in [-0.4, -0.2) is 34.2 Å². The smallest absolute Gasteiger partial charge is 0.277 e. The Balaban J connectivity index is 1.98. The maximum Gasteiger partial charge on any atom is 0.277 e. The summed E-state index contributed by atoms with van der Waals surface area (Å²) in [6.07, 6.45) is 1.54. The van der Waals surface area contributed by atoms with Crippen molar-refractivity contribution in [2.24, 2.45) is 0 Å². The number of aromatic nitrogens is 1. The van der Waals surface area contributed by atoms with Gasteiger partial charge < -0.3 is 10.3 Å². The summed E-state index contributed by atoms with van der Waals surface area (Å²) in [6.45, 7) is 1.02. The molecule has 6 nitrogen and oxygen atoms in total. The molecule has 2 aromatic rings. The maximum atomic E-state index is 12.1. The van der Waals surface area contributed by atoms with Crippen LogP contribution in [0.3, 0.4) is 0 Å². The highest BCUT2D eigenvalue weighted by Crippen LogP contribution is 2.17. The molecule has 1 aromatic heterocycles. The molecule has 1 aromatic carbocycles. The molecular formula is C15H13N3O3. The molecule has 1 aliphatic heterocycles. The Bertz CT molecular complexity index is 755. The number of rotatable bonds is 1. The minimum Gasteiger partial charge on any atom is -0.355 e. The van der Waals surface area contributed by atoms with Crippen molar-refractivity contribution in [2.45, 2.75) is 6.92 Å². The Morgan fingerprint density at radius 3 is 2.76 bits per heavy atom. The van der Waals surface area contributed by atoms with E-state index in [9.17, 15) is 14.4 Å². The summed E-state index contributed by atoms with van der Waals surface area (Å²) >= 11 is 0. The molecule has 0 saturated carbocycles. The molecule has 1 saturated heterocycles. The van der Waals surface area contributed by atoms with Crippen molar-refractivity contribution >= 4 is 34.7 Å². The Morgan fingerprint density at radius 1 is 1.29 bits per heavy atom. The van der Waals surface area contributed by atoms with Gasteiger partial charge in [-0.2, -0.15) is 0 Å². The average Bonchev–Trinajstić information content (AvgIpc) is 2.84. The highest BCUT2D eigenvalue weighted by atomic mass is 16.2.